The topological polar surface area (TPSA) is 52.6 Å². The number of rotatable bonds is 7. The first-order valence-corrected chi connectivity index (χ1v) is 8.05. The van der Waals surface area contributed by atoms with Crippen molar-refractivity contribution < 1.29 is 19.1 Å². The van der Waals surface area contributed by atoms with E-state index in [2.05, 4.69) is 6.92 Å². The molecule has 0 atom stereocenters. The van der Waals surface area contributed by atoms with Gasteiger partial charge in [-0.3, -0.25) is 0 Å². The minimum atomic E-state index is -0.378. The molecule has 0 aliphatic heterocycles. The highest BCUT2D eigenvalue weighted by atomic mass is 16.5. The first-order valence-electron chi connectivity index (χ1n) is 8.05. The van der Waals surface area contributed by atoms with Gasteiger partial charge in [-0.1, -0.05) is 39.0 Å². The molecule has 0 saturated heterocycles. The van der Waals surface area contributed by atoms with Crippen LogP contribution in [0.1, 0.15) is 64.7 Å². The maximum absolute atomic E-state index is 12.2. The number of carbonyl (C=O) groups is 2. The average Bonchev–Trinajstić information content (AvgIpc) is 2.53. The van der Waals surface area contributed by atoms with Crippen LogP contribution < -0.4 is 0 Å². The molecule has 0 spiro atoms. The largest absolute Gasteiger partial charge is 0.466 e. The Balaban J connectivity index is 3.08. The molecule has 0 aromatic carbocycles. The van der Waals surface area contributed by atoms with Crippen LogP contribution in [0.15, 0.2) is 11.1 Å². The lowest BCUT2D eigenvalue weighted by atomic mass is 9.81. The predicted octanol–water partition coefficient (Wildman–Crippen LogP) is 3.79. The standard InChI is InChI=1S/C17H28O4/c1-4-5-7-12-14(16(18)20-2)15(17(19)21-3)13-10-8-6-9-11-13/h13H,4-12H2,1-3H3/b15-14-. The van der Waals surface area contributed by atoms with E-state index in [0.29, 0.717) is 17.6 Å². The van der Waals surface area contributed by atoms with Crippen molar-refractivity contribution in [1.82, 2.24) is 0 Å². The number of hydrogen-bond acceptors (Lipinski definition) is 4. The van der Waals surface area contributed by atoms with Gasteiger partial charge in [0.1, 0.15) is 0 Å². The summed E-state index contributed by atoms with van der Waals surface area (Å²) in [5.74, 6) is -0.599. The van der Waals surface area contributed by atoms with E-state index >= 15 is 0 Å². The van der Waals surface area contributed by atoms with Gasteiger partial charge in [-0.15, -0.1) is 0 Å². The van der Waals surface area contributed by atoms with Gasteiger partial charge in [-0.25, -0.2) is 9.59 Å². The van der Waals surface area contributed by atoms with Gasteiger partial charge >= 0.3 is 11.9 Å². The molecule has 0 amide bonds. The van der Waals surface area contributed by atoms with Crippen molar-refractivity contribution >= 4 is 11.9 Å². The number of esters is 2. The summed E-state index contributed by atoms with van der Waals surface area (Å²) >= 11 is 0. The average molecular weight is 296 g/mol. The summed E-state index contributed by atoms with van der Waals surface area (Å²) in [7, 11) is 2.75. The van der Waals surface area contributed by atoms with Crippen LogP contribution in [-0.2, 0) is 19.1 Å². The van der Waals surface area contributed by atoms with Crippen LogP contribution in [0.2, 0.25) is 0 Å². The maximum atomic E-state index is 12.2. The number of methoxy groups -OCH3 is 2. The maximum Gasteiger partial charge on any atom is 0.334 e. The van der Waals surface area contributed by atoms with Gasteiger partial charge in [0.05, 0.1) is 19.8 Å². The first-order chi connectivity index (χ1) is 10.2. The first kappa shape index (κ1) is 17.7. The summed E-state index contributed by atoms with van der Waals surface area (Å²) in [5, 5.41) is 0. The van der Waals surface area contributed by atoms with E-state index in [1.165, 1.54) is 20.6 Å². The van der Waals surface area contributed by atoms with E-state index in [0.717, 1.165) is 44.9 Å². The molecule has 0 aromatic heterocycles. The smallest absolute Gasteiger partial charge is 0.334 e. The quantitative estimate of drug-likeness (QED) is 0.407. The van der Waals surface area contributed by atoms with Gasteiger partial charge < -0.3 is 9.47 Å². The molecule has 4 heteroatoms. The molecule has 0 heterocycles. The molecule has 0 bridgehead atoms. The zero-order chi connectivity index (χ0) is 15.7. The Morgan fingerprint density at radius 2 is 1.57 bits per heavy atom. The molecule has 0 aromatic rings. The van der Waals surface area contributed by atoms with Crippen molar-refractivity contribution in [3.63, 3.8) is 0 Å². The molecule has 0 radical (unpaired) electrons. The number of ether oxygens (including phenoxy) is 2. The highest BCUT2D eigenvalue weighted by Crippen LogP contribution is 2.33. The fraction of sp³-hybridized carbons (Fsp3) is 0.765. The fourth-order valence-corrected chi connectivity index (χ4v) is 3.06. The third kappa shape index (κ3) is 5.18. The Hall–Kier alpha value is -1.32. The Morgan fingerprint density at radius 1 is 0.952 bits per heavy atom. The van der Waals surface area contributed by atoms with E-state index in [1.807, 2.05) is 0 Å². The van der Waals surface area contributed by atoms with Gasteiger partial charge in [-0.05, 0) is 31.6 Å². The van der Waals surface area contributed by atoms with Gasteiger partial charge in [-0.2, -0.15) is 0 Å². The summed E-state index contributed by atoms with van der Waals surface area (Å²) in [5.41, 5.74) is 1.10. The van der Waals surface area contributed by atoms with Crippen LogP contribution in [-0.4, -0.2) is 26.2 Å². The van der Waals surface area contributed by atoms with Gasteiger partial charge in [0.25, 0.3) is 0 Å². The van der Waals surface area contributed by atoms with Crippen molar-refractivity contribution in [2.45, 2.75) is 64.7 Å². The number of carbonyl (C=O) groups excluding carboxylic acids is 2. The minimum absolute atomic E-state index is 0.141. The van der Waals surface area contributed by atoms with Crippen LogP contribution in [0.5, 0.6) is 0 Å². The van der Waals surface area contributed by atoms with E-state index in [9.17, 15) is 9.59 Å². The third-order valence-electron chi connectivity index (χ3n) is 4.21. The summed E-state index contributed by atoms with van der Waals surface area (Å²) < 4.78 is 9.85. The van der Waals surface area contributed by atoms with Crippen LogP contribution in [0.3, 0.4) is 0 Å². The molecule has 4 nitrogen and oxygen atoms in total. The molecule has 1 rings (SSSR count). The summed E-state index contributed by atoms with van der Waals surface area (Å²) in [6, 6.07) is 0. The van der Waals surface area contributed by atoms with Gasteiger partial charge in [0.15, 0.2) is 0 Å². The normalized spacial score (nSPS) is 17.1. The Morgan fingerprint density at radius 3 is 2.10 bits per heavy atom. The number of unbranched alkanes of at least 4 members (excludes halogenated alkanes) is 2. The predicted molar refractivity (Wildman–Crippen MR) is 81.8 cm³/mol. The molecule has 1 fully saturated rings. The van der Waals surface area contributed by atoms with Crippen molar-refractivity contribution in [2.24, 2.45) is 5.92 Å². The van der Waals surface area contributed by atoms with Gasteiger partial charge in [0, 0.05) is 5.57 Å². The zero-order valence-corrected chi connectivity index (χ0v) is 13.6. The van der Waals surface area contributed by atoms with Crippen molar-refractivity contribution in [3.05, 3.63) is 11.1 Å². The Kier molecular flexibility index (Phi) is 8.09. The molecule has 0 unspecified atom stereocenters. The molecular weight excluding hydrogens is 268 g/mol. The second-order valence-electron chi connectivity index (χ2n) is 5.67. The monoisotopic (exact) mass is 296 g/mol. The van der Waals surface area contributed by atoms with Crippen molar-refractivity contribution in [1.29, 1.82) is 0 Å². The Bertz CT molecular complexity index is 378. The van der Waals surface area contributed by atoms with Crippen LogP contribution in [0.4, 0.5) is 0 Å². The highest BCUT2D eigenvalue weighted by Gasteiger charge is 2.30. The molecule has 0 N–H and O–H groups in total. The van der Waals surface area contributed by atoms with E-state index in [-0.39, 0.29) is 17.9 Å². The summed E-state index contributed by atoms with van der Waals surface area (Å²) in [4.78, 5) is 24.3. The molecule has 21 heavy (non-hydrogen) atoms. The summed E-state index contributed by atoms with van der Waals surface area (Å²) in [6.45, 7) is 2.11. The minimum Gasteiger partial charge on any atom is -0.466 e. The van der Waals surface area contributed by atoms with E-state index in [4.69, 9.17) is 9.47 Å². The molecule has 1 saturated carbocycles. The fourth-order valence-electron chi connectivity index (χ4n) is 3.06. The van der Waals surface area contributed by atoms with E-state index in [1.54, 1.807) is 0 Å². The number of hydrogen-bond donors (Lipinski definition) is 0. The summed E-state index contributed by atoms with van der Waals surface area (Å²) in [6.07, 6.45) is 8.94. The highest BCUT2D eigenvalue weighted by molar-refractivity contribution is 6.00. The van der Waals surface area contributed by atoms with Crippen LogP contribution in [0.25, 0.3) is 0 Å². The van der Waals surface area contributed by atoms with Gasteiger partial charge in [0.2, 0.25) is 0 Å². The SMILES string of the molecule is CCCCC/C(C(=O)OC)=C(/C(=O)OC)C1CCCCC1. The Labute approximate surface area is 127 Å². The molecule has 120 valence electrons. The second kappa shape index (κ2) is 9.59. The third-order valence-corrected chi connectivity index (χ3v) is 4.21. The molecular formula is C17H28O4. The lowest BCUT2D eigenvalue weighted by Gasteiger charge is -2.25. The van der Waals surface area contributed by atoms with E-state index < -0.39 is 0 Å². The second-order valence-corrected chi connectivity index (χ2v) is 5.67. The van der Waals surface area contributed by atoms with Crippen molar-refractivity contribution in [3.8, 4) is 0 Å². The lowest BCUT2D eigenvalue weighted by Crippen LogP contribution is -2.23. The lowest BCUT2D eigenvalue weighted by molar-refractivity contribution is -0.140. The molecule has 1 aliphatic carbocycles. The van der Waals surface area contributed by atoms with Crippen LogP contribution in [0, 0.1) is 5.92 Å². The zero-order valence-electron chi connectivity index (χ0n) is 13.6. The van der Waals surface area contributed by atoms with Crippen molar-refractivity contribution in [2.75, 3.05) is 14.2 Å². The van der Waals surface area contributed by atoms with Crippen LogP contribution >= 0.6 is 0 Å². The molecule has 1 aliphatic rings.